The number of ether oxygens (including phenoxy) is 2. The molecule has 0 saturated carbocycles. The maximum absolute atomic E-state index is 14.8. The van der Waals surface area contributed by atoms with Crippen molar-refractivity contribution in [3.05, 3.63) is 49.6 Å². The van der Waals surface area contributed by atoms with Crippen molar-refractivity contribution < 1.29 is 29.0 Å². The zero-order valence-electron chi connectivity index (χ0n) is 28.2. The van der Waals surface area contributed by atoms with E-state index in [4.69, 9.17) is 9.47 Å². The molecule has 3 amide bonds. The molecule has 0 aliphatic carbocycles. The number of rotatable bonds is 15. The SMILES string of the molecule is C=CCN(C(=O)[C@H]1[C@H]2C(=O)N([C@@H](CO)C(C)C)C(C(=O)N(CC=C)C(C)CCC)C23CC(C)[C@]1(C)O3)c1ccc(OCC)cc1. The summed E-state index contributed by atoms with van der Waals surface area (Å²) in [5.41, 5.74) is -1.53. The number of benzene rings is 1. The molecule has 1 aromatic carbocycles. The van der Waals surface area contributed by atoms with Gasteiger partial charge in [0.1, 0.15) is 17.4 Å². The number of likely N-dealkylation sites (tertiary alicyclic amines) is 1. The summed E-state index contributed by atoms with van der Waals surface area (Å²) in [5.74, 6) is -2.03. The molecule has 9 heteroatoms. The second-order valence-corrected chi connectivity index (χ2v) is 13.5. The number of hydrogen-bond acceptors (Lipinski definition) is 6. The molecule has 1 spiro atoms. The highest BCUT2D eigenvalue weighted by Gasteiger charge is 2.80. The minimum atomic E-state index is -1.21. The van der Waals surface area contributed by atoms with E-state index < -0.39 is 35.1 Å². The second-order valence-electron chi connectivity index (χ2n) is 13.5. The van der Waals surface area contributed by atoms with Crippen molar-refractivity contribution in [3.8, 4) is 5.75 Å². The number of fused-ring (bicyclic) bond motifs is 1. The van der Waals surface area contributed by atoms with Crippen LogP contribution in [-0.2, 0) is 19.1 Å². The van der Waals surface area contributed by atoms with Gasteiger partial charge in [-0.1, -0.05) is 46.3 Å². The van der Waals surface area contributed by atoms with Crippen molar-refractivity contribution >= 4 is 23.4 Å². The average Bonchev–Trinajstić information content (AvgIpc) is 3.51. The molecule has 3 fully saturated rings. The number of anilines is 1. The molecule has 1 aromatic rings. The summed E-state index contributed by atoms with van der Waals surface area (Å²) in [5, 5.41) is 10.6. The first kappa shape index (κ1) is 34.7. The summed E-state index contributed by atoms with van der Waals surface area (Å²) in [6, 6.07) is 5.63. The third-order valence-corrected chi connectivity index (χ3v) is 10.5. The normalized spacial score (nSPS) is 29.8. The van der Waals surface area contributed by atoms with E-state index >= 15 is 0 Å². The highest BCUT2D eigenvalue weighted by Crippen LogP contribution is 2.66. The molecular weight excluding hydrogens is 570 g/mol. The van der Waals surface area contributed by atoms with E-state index in [1.165, 1.54) is 0 Å². The van der Waals surface area contributed by atoms with Gasteiger partial charge in [0.15, 0.2) is 0 Å². The molecule has 1 N–H and O–H groups in total. The van der Waals surface area contributed by atoms with Gasteiger partial charge < -0.3 is 29.3 Å². The quantitative estimate of drug-likeness (QED) is 0.281. The van der Waals surface area contributed by atoms with Gasteiger partial charge in [0.2, 0.25) is 17.7 Å². The van der Waals surface area contributed by atoms with Gasteiger partial charge in [-0.15, -0.1) is 13.2 Å². The van der Waals surface area contributed by atoms with Crippen LogP contribution in [0.15, 0.2) is 49.6 Å². The van der Waals surface area contributed by atoms with Crippen molar-refractivity contribution in [3.63, 3.8) is 0 Å². The summed E-state index contributed by atoms with van der Waals surface area (Å²) < 4.78 is 12.6. The van der Waals surface area contributed by atoms with E-state index in [2.05, 4.69) is 20.1 Å². The Balaban J connectivity index is 1.86. The van der Waals surface area contributed by atoms with E-state index in [1.807, 2.05) is 65.8 Å². The van der Waals surface area contributed by atoms with Crippen molar-refractivity contribution in [2.45, 2.75) is 97.1 Å². The molecule has 0 radical (unpaired) electrons. The number of aliphatic hydroxyl groups excluding tert-OH is 1. The largest absolute Gasteiger partial charge is 0.494 e. The minimum absolute atomic E-state index is 0.0914. The number of aliphatic hydroxyl groups is 1. The molecule has 8 atom stereocenters. The lowest BCUT2D eigenvalue weighted by atomic mass is 9.62. The van der Waals surface area contributed by atoms with Crippen LogP contribution in [0.5, 0.6) is 5.75 Å². The highest BCUT2D eigenvalue weighted by molar-refractivity contribution is 6.03. The Morgan fingerprint density at radius 2 is 1.78 bits per heavy atom. The first-order valence-corrected chi connectivity index (χ1v) is 16.6. The van der Waals surface area contributed by atoms with Crippen LogP contribution >= 0.6 is 0 Å². The Hall–Kier alpha value is -3.17. The van der Waals surface area contributed by atoms with Gasteiger partial charge in [-0.2, -0.15) is 0 Å². The predicted molar refractivity (Wildman–Crippen MR) is 176 cm³/mol. The molecule has 3 aliphatic heterocycles. The van der Waals surface area contributed by atoms with E-state index in [1.54, 1.807) is 26.9 Å². The van der Waals surface area contributed by atoms with E-state index in [0.29, 0.717) is 31.0 Å². The summed E-state index contributed by atoms with van der Waals surface area (Å²) in [4.78, 5) is 49.4. The fourth-order valence-corrected chi connectivity index (χ4v) is 8.17. The van der Waals surface area contributed by atoms with E-state index in [0.717, 1.165) is 12.8 Å². The Morgan fingerprint density at radius 1 is 1.13 bits per heavy atom. The zero-order chi connectivity index (χ0) is 33.3. The molecule has 45 heavy (non-hydrogen) atoms. The Bertz CT molecular complexity index is 1270. The minimum Gasteiger partial charge on any atom is -0.494 e. The highest BCUT2D eigenvalue weighted by atomic mass is 16.5. The number of carbonyl (C=O) groups is 3. The molecule has 3 aliphatic rings. The Morgan fingerprint density at radius 3 is 2.31 bits per heavy atom. The standard InChI is InChI=1S/C36H53N3O6/c1-10-14-25(8)37(19-11-2)34(43)31-36-21-24(7)35(9,45-36)29(30(36)33(42)39(31)28(22-40)23(5)6)32(41)38(20-12-3)26-15-17-27(18-16-26)44-13-4/h11-12,15-18,23-25,28-31,40H,2-3,10,13-14,19-22H2,1,4-9H3/t24?,25?,28-,29+,30-,31?,35-,36?/m0/s1. The monoisotopic (exact) mass is 623 g/mol. The van der Waals surface area contributed by atoms with E-state index in [-0.39, 0.29) is 48.8 Å². The molecule has 3 saturated heterocycles. The van der Waals surface area contributed by atoms with Crippen molar-refractivity contribution in [1.82, 2.24) is 9.80 Å². The van der Waals surface area contributed by atoms with Gasteiger partial charge in [0.05, 0.1) is 36.7 Å². The lowest BCUT2D eigenvalue weighted by Gasteiger charge is -2.42. The molecule has 4 unspecified atom stereocenters. The topological polar surface area (TPSA) is 99.6 Å². The van der Waals surface area contributed by atoms with Gasteiger partial charge in [0.25, 0.3) is 0 Å². The van der Waals surface area contributed by atoms with Crippen molar-refractivity contribution in [1.29, 1.82) is 0 Å². The Labute approximate surface area is 269 Å². The number of carbonyl (C=O) groups excluding carboxylic acids is 3. The van der Waals surface area contributed by atoms with Gasteiger partial charge in [-0.25, -0.2) is 0 Å². The third kappa shape index (κ3) is 5.71. The average molecular weight is 624 g/mol. The van der Waals surface area contributed by atoms with Gasteiger partial charge in [-0.3, -0.25) is 14.4 Å². The molecule has 3 heterocycles. The first-order valence-electron chi connectivity index (χ1n) is 16.6. The lowest BCUT2D eigenvalue weighted by molar-refractivity contribution is -0.157. The van der Waals surface area contributed by atoms with Gasteiger partial charge in [0, 0.05) is 24.8 Å². The van der Waals surface area contributed by atoms with Crippen LogP contribution in [0.2, 0.25) is 0 Å². The van der Waals surface area contributed by atoms with Crippen LogP contribution in [0, 0.1) is 23.7 Å². The van der Waals surface area contributed by atoms with E-state index in [9.17, 15) is 19.5 Å². The number of hydrogen-bond donors (Lipinski definition) is 1. The first-order chi connectivity index (χ1) is 21.4. The zero-order valence-corrected chi connectivity index (χ0v) is 28.2. The fraction of sp³-hybridized carbons (Fsp3) is 0.639. The third-order valence-electron chi connectivity index (χ3n) is 10.5. The summed E-state index contributed by atoms with van der Waals surface area (Å²) in [6.45, 7) is 22.4. The summed E-state index contributed by atoms with van der Waals surface area (Å²) in [7, 11) is 0. The maximum Gasteiger partial charge on any atom is 0.248 e. The molecule has 9 nitrogen and oxygen atoms in total. The number of amides is 3. The van der Waals surface area contributed by atoms with Crippen LogP contribution < -0.4 is 9.64 Å². The molecule has 4 rings (SSSR count). The second kappa shape index (κ2) is 13.7. The molecule has 2 bridgehead atoms. The van der Waals surface area contributed by atoms with Crippen LogP contribution in [0.1, 0.15) is 67.7 Å². The fourth-order valence-electron chi connectivity index (χ4n) is 8.17. The maximum atomic E-state index is 14.8. The summed E-state index contributed by atoms with van der Waals surface area (Å²) in [6.07, 6.45) is 5.52. The molecule has 0 aromatic heterocycles. The molecular formula is C36H53N3O6. The van der Waals surface area contributed by atoms with Crippen molar-refractivity contribution in [2.75, 3.05) is 31.2 Å². The van der Waals surface area contributed by atoms with Gasteiger partial charge in [-0.05, 0) is 69.7 Å². The number of nitrogens with zero attached hydrogens (tertiary/aromatic N) is 3. The molecule has 248 valence electrons. The van der Waals surface area contributed by atoms with Crippen molar-refractivity contribution in [2.24, 2.45) is 23.7 Å². The van der Waals surface area contributed by atoms with Gasteiger partial charge >= 0.3 is 0 Å². The smallest absolute Gasteiger partial charge is 0.248 e. The van der Waals surface area contributed by atoms with Crippen LogP contribution in [0.25, 0.3) is 0 Å². The predicted octanol–water partition coefficient (Wildman–Crippen LogP) is 4.84. The van der Waals surface area contributed by atoms with Crippen LogP contribution in [-0.4, -0.2) is 88.3 Å². The lowest BCUT2D eigenvalue weighted by Crippen LogP contribution is -2.60. The van der Waals surface area contributed by atoms with Crippen LogP contribution in [0.3, 0.4) is 0 Å². The summed E-state index contributed by atoms with van der Waals surface area (Å²) >= 11 is 0. The Kier molecular flexibility index (Phi) is 10.5. The van der Waals surface area contributed by atoms with Crippen LogP contribution in [0.4, 0.5) is 5.69 Å².